The van der Waals surface area contributed by atoms with E-state index in [9.17, 15) is 14.0 Å². The van der Waals surface area contributed by atoms with Crippen LogP contribution in [0, 0.1) is 5.82 Å². The van der Waals surface area contributed by atoms with Crippen molar-refractivity contribution in [2.24, 2.45) is 0 Å². The molecule has 1 aromatic carbocycles. The van der Waals surface area contributed by atoms with Gasteiger partial charge in [0.25, 0.3) is 5.91 Å². The number of nitrogens with zero attached hydrogens (tertiary/aromatic N) is 3. The summed E-state index contributed by atoms with van der Waals surface area (Å²) in [5.74, 6) is 0.103. The molecule has 1 fully saturated rings. The van der Waals surface area contributed by atoms with Gasteiger partial charge in [-0.15, -0.1) is 0 Å². The van der Waals surface area contributed by atoms with Gasteiger partial charge in [0.2, 0.25) is 5.91 Å². The number of hydrogen-bond donors (Lipinski definition) is 1. The van der Waals surface area contributed by atoms with Crippen LogP contribution in [-0.4, -0.2) is 32.6 Å². The molecule has 3 heterocycles. The zero-order valence-electron chi connectivity index (χ0n) is 15.6. The molecule has 4 rings (SSSR count). The average Bonchev–Trinajstić information content (AvgIpc) is 3.32. The fourth-order valence-electron chi connectivity index (χ4n) is 3.74. The highest BCUT2D eigenvalue weighted by Crippen LogP contribution is 2.32. The van der Waals surface area contributed by atoms with Crippen molar-refractivity contribution in [2.45, 2.75) is 32.4 Å². The Hall–Kier alpha value is -3.22. The Morgan fingerprint density at radius 1 is 1.21 bits per heavy atom. The van der Waals surface area contributed by atoms with E-state index in [1.54, 1.807) is 19.1 Å². The molecule has 2 aromatic heterocycles. The molecular weight excluding hydrogens is 359 g/mol. The first-order chi connectivity index (χ1) is 13.5. The van der Waals surface area contributed by atoms with Gasteiger partial charge in [0.05, 0.1) is 11.6 Å². The Balaban J connectivity index is 1.63. The molecule has 1 saturated heterocycles. The van der Waals surface area contributed by atoms with E-state index in [-0.39, 0.29) is 30.2 Å². The summed E-state index contributed by atoms with van der Waals surface area (Å²) >= 11 is 0. The van der Waals surface area contributed by atoms with Gasteiger partial charge in [-0.1, -0.05) is 18.2 Å². The Labute approximate surface area is 162 Å². The van der Waals surface area contributed by atoms with Gasteiger partial charge in [-0.25, -0.2) is 9.37 Å². The molecule has 1 N–H and O–H groups in total. The summed E-state index contributed by atoms with van der Waals surface area (Å²) in [6.45, 7) is 2.54. The summed E-state index contributed by atoms with van der Waals surface area (Å²) < 4.78 is 14.9. The minimum Gasteiger partial charge on any atom is -0.347 e. The Morgan fingerprint density at radius 2 is 2.00 bits per heavy atom. The zero-order valence-corrected chi connectivity index (χ0v) is 15.6. The van der Waals surface area contributed by atoms with Gasteiger partial charge in [0.1, 0.15) is 11.6 Å². The number of carbonyl (C=O) groups is 2. The Morgan fingerprint density at radius 3 is 2.75 bits per heavy atom. The van der Waals surface area contributed by atoms with Crippen LogP contribution >= 0.6 is 0 Å². The lowest BCUT2D eigenvalue weighted by molar-refractivity contribution is -0.129. The van der Waals surface area contributed by atoms with Crippen molar-refractivity contribution in [3.05, 3.63) is 71.6 Å². The van der Waals surface area contributed by atoms with Crippen LogP contribution in [0.5, 0.6) is 0 Å². The van der Waals surface area contributed by atoms with E-state index in [1.165, 1.54) is 12.1 Å². The minimum atomic E-state index is -0.314. The largest absolute Gasteiger partial charge is 0.347 e. The van der Waals surface area contributed by atoms with Gasteiger partial charge < -0.3 is 14.6 Å². The number of benzene rings is 1. The molecule has 2 amide bonds. The predicted molar refractivity (Wildman–Crippen MR) is 102 cm³/mol. The van der Waals surface area contributed by atoms with Crippen LogP contribution in [0.4, 0.5) is 4.39 Å². The number of imidazole rings is 1. The number of aromatic nitrogens is 2. The van der Waals surface area contributed by atoms with E-state index in [4.69, 9.17) is 0 Å². The van der Waals surface area contributed by atoms with Gasteiger partial charge >= 0.3 is 0 Å². The molecular formula is C21H21FN4O2. The molecule has 1 atom stereocenters. The zero-order chi connectivity index (χ0) is 19.7. The standard InChI is InChI=1S/C21H21FN4O2/c1-14(27)25-12-4-6-18(25)20-24-19(17-5-2-3-11-26(17)20)21(28)23-13-15-7-9-16(22)10-8-15/h2-3,5,7-11,18H,4,6,12-13H2,1H3,(H,23,28). The summed E-state index contributed by atoms with van der Waals surface area (Å²) in [5.41, 5.74) is 1.83. The molecule has 0 spiro atoms. The van der Waals surface area contributed by atoms with E-state index < -0.39 is 0 Å². The van der Waals surface area contributed by atoms with Gasteiger partial charge in [-0.2, -0.15) is 0 Å². The Kier molecular flexibility index (Phi) is 4.81. The second kappa shape index (κ2) is 7.42. The monoisotopic (exact) mass is 380 g/mol. The highest BCUT2D eigenvalue weighted by Gasteiger charge is 2.32. The predicted octanol–water partition coefficient (Wildman–Crippen LogP) is 3.09. The summed E-state index contributed by atoms with van der Waals surface area (Å²) in [7, 11) is 0. The van der Waals surface area contributed by atoms with E-state index in [0.717, 1.165) is 18.4 Å². The third-order valence-electron chi connectivity index (χ3n) is 5.11. The summed E-state index contributed by atoms with van der Waals surface area (Å²) in [5, 5.41) is 2.85. The number of pyridine rings is 1. The second-order valence-corrected chi connectivity index (χ2v) is 6.95. The quantitative estimate of drug-likeness (QED) is 0.756. The molecule has 1 aliphatic rings. The highest BCUT2D eigenvalue weighted by molar-refractivity contribution is 5.99. The van der Waals surface area contributed by atoms with E-state index >= 15 is 0 Å². The maximum Gasteiger partial charge on any atom is 0.272 e. The molecule has 6 nitrogen and oxygen atoms in total. The van der Waals surface area contributed by atoms with Crippen molar-refractivity contribution in [3.63, 3.8) is 0 Å². The minimum absolute atomic E-state index is 0.0116. The van der Waals surface area contributed by atoms with Crippen molar-refractivity contribution in [3.8, 4) is 0 Å². The smallest absolute Gasteiger partial charge is 0.272 e. The summed E-state index contributed by atoms with van der Waals surface area (Å²) in [6.07, 6.45) is 3.60. The average molecular weight is 380 g/mol. The first-order valence-electron chi connectivity index (χ1n) is 9.31. The van der Waals surface area contributed by atoms with Crippen LogP contribution in [0.1, 0.15) is 47.7 Å². The molecule has 7 heteroatoms. The molecule has 0 aliphatic carbocycles. The third-order valence-corrected chi connectivity index (χ3v) is 5.11. The number of carbonyl (C=O) groups excluding carboxylic acids is 2. The number of nitrogens with one attached hydrogen (secondary N) is 1. The first-order valence-corrected chi connectivity index (χ1v) is 9.31. The van der Waals surface area contributed by atoms with Crippen molar-refractivity contribution < 1.29 is 14.0 Å². The molecule has 28 heavy (non-hydrogen) atoms. The molecule has 0 saturated carbocycles. The van der Waals surface area contributed by atoms with Crippen LogP contribution in [0.3, 0.4) is 0 Å². The number of halogens is 1. The van der Waals surface area contributed by atoms with Gasteiger partial charge in [-0.3, -0.25) is 9.59 Å². The van der Waals surface area contributed by atoms with Crippen LogP contribution < -0.4 is 5.32 Å². The maximum atomic E-state index is 13.0. The third kappa shape index (κ3) is 3.35. The fourth-order valence-corrected chi connectivity index (χ4v) is 3.74. The van der Waals surface area contributed by atoms with Gasteiger partial charge in [0, 0.05) is 26.2 Å². The molecule has 3 aromatic rings. The van der Waals surface area contributed by atoms with Crippen molar-refractivity contribution in [1.82, 2.24) is 19.6 Å². The normalized spacial score (nSPS) is 16.5. The number of fused-ring (bicyclic) bond motifs is 1. The van der Waals surface area contributed by atoms with Crippen LogP contribution in [0.25, 0.3) is 5.52 Å². The van der Waals surface area contributed by atoms with Crippen LogP contribution in [-0.2, 0) is 11.3 Å². The number of hydrogen-bond acceptors (Lipinski definition) is 3. The van der Waals surface area contributed by atoms with Crippen molar-refractivity contribution in [1.29, 1.82) is 0 Å². The first kappa shape index (κ1) is 18.2. The van der Waals surface area contributed by atoms with Gasteiger partial charge in [-0.05, 0) is 42.7 Å². The molecule has 1 unspecified atom stereocenters. The maximum absolute atomic E-state index is 13.0. The lowest BCUT2D eigenvalue weighted by Gasteiger charge is -2.22. The van der Waals surface area contributed by atoms with E-state index in [1.807, 2.05) is 33.7 Å². The highest BCUT2D eigenvalue weighted by atomic mass is 19.1. The SMILES string of the molecule is CC(=O)N1CCCC1c1nc(C(=O)NCc2ccc(F)cc2)c2ccccn12. The molecule has 1 aliphatic heterocycles. The molecule has 0 radical (unpaired) electrons. The number of rotatable bonds is 4. The van der Waals surface area contributed by atoms with E-state index in [2.05, 4.69) is 10.3 Å². The second-order valence-electron chi connectivity index (χ2n) is 6.95. The molecule has 144 valence electrons. The van der Waals surface area contributed by atoms with Crippen LogP contribution in [0.15, 0.2) is 48.7 Å². The van der Waals surface area contributed by atoms with Crippen molar-refractivity contribution in [2.75, 3.05) is 6.54 Å². The number of amides is 2. The summed E-state index contributed by atoms with van der Waals surface area (Å²) in [6, 6.07) is 11.4. The van der Waals surface area contributed by atoms with Crippen LogP contribution in [0.2, 0.25) is 0 Å². The van der Waals surface area contributed by atoms with Gasteiger partial charge in [0.15, 0.2) is 5.69 Å². The fraction of sp³-hybridized carbons (Fsp3) is 0.286. The lowest BCUT2D eigenvalue weighted by Crippen LogP contribution is -2.29. The van der Waals surface area contributed by atoms with E-state index in [0.29, 0.717) is 23.6 Å². The Bertz CT molecular complexity index is 1030. The molecule has 0 bridgehead atoms. The number of likely N-dealkylation sites (tertiary alicyclic amines) is 1. The lowest BCUT2D eigenvalue weighted by atomic mass is 10.2. The topological polar surface area (TPSA) is 66.7 Å². The van der Waals surface area contributed by atoms with Crippen molar-refractivity contribution >= 4 is 17.3 Å². The summed E-state index contributed by atoms with van der Waals surface area (Å²) in [4.78, 5) is 31.2.